The average Bonchev–Trinajstić information content (AvgIpc) is 2.30. The number of nitrogens with one attached hydrogen (secondary N) is 1. The van der Waals surface area contributed by atoms with Gasteiger partial charge in [0.05, 0.1) is 6.10 Å². The van der Waals surface area contributed by atoms with Crippen molar-refractivity contribution in [1.29, 1.82) is 0 Å². The summed E-state index contributed by atoms with van der Waals surface area (Å²) in [7, 11) is 0. The topological polar surface area (TPSA) is 32.3 Å². The monoisotopic (exact) mass is 205 g/mol. The van der Waals surface area contributed by atoms with Gasteiger partial charge in [-0.1, -0.05) is 30.7 Å². The molecule has 2 N–H and O–H groups in total. The number of hydrogen-bond donors (Lipinski definition) is 2. The maximum atomic E-state index is 9.53. The highest BCUT2D eigenvalue weighted by atomic mass is 16.3. The van der Waals surface area contributed by atoms with Crippen molar-refractivity contribution in [2.75, 3.05) is 6.54 Å². The lowest BCUT2D eigenvalue weighted by atomic mass is 9.95. The Kier molecular flexibility index (Phi) is 3.39. The van der Waals surface area contributed by atoms with Crippen LogP contribution < -0.4 is 5.32 Å². The summed E-state index contributed by atoms with van der Waals surface area (Å²) in [6.07, 6.45) is 3.43. The molecule has 1 aliphatic heterocycles. The van der Waals surface area contributed by atoms with Crippen LogP contribution >= 0.6 is 0 Å². The van der Waals surface area contributed by atoms with Gasteiger partial charge in [0.1, 0.15) is 0 Å². The van der Waals surface area contributed by atoms with Crippen LogP contribution in [0.4, 0.5) is 0 Å². The Labute approximate surface area is 91.3 Å². The zero-order valence-electron chi connectivity index (χ0n) is 9.24. The minimum atomic E-state index is -0.367. The van der Waals surface area contributed by atoms with Gasteiger partial charge in [-0.3, -0.25) is 0 Å². The van der Waals surface area contributed by atoms with Crippen molar-refractivity contribution in [2.24, 2.45) is 0 Å². The SMILES string of the molecule is CC(O)c1cccc(C2CCCCN2)c1. The van der Waals surface area contributed by atoms with Crippen LogP contribution in [0.25, 0.3) is 0 Å². The van der Waals surface area contributed by atoms with Crippen molar-refractivity contribution in [2.45, 2.75) is 38.3 Å². The number of piperidine rings is 1. The fourth-order valence-corrected chi connectivity index (χ4v) is 2.17. The molecule has 0 amide bonds. The van der Waals surface area contributed by atoms with E-state index in [1.165, 1.54) is 24.8 Å². The second-order valence-electron chi connectivity index (χ2n) is 4.35. The first-order valence-corrected chi connectivity index (χ1v) is 5.78. The number of hydrogen-bond acceptors (Lipinski definition) is 2. The van der Waals surface area contributed by atoms with Gasteiger partial charge in [-0.15, -0.1) is 0 Å². The third kappa shape index (κ3) is 2.58. The molecule has 1 heterocycles. The van der Waals surface area contributed by atoms with E-state index in [4.69, 9.17) is 0 Å². The maximum Gasteiger partial charge on any atom is 0.0762 e. The average molecular weight is 205 g/mol. The van der Waals surface area contributed by atoms with Gasteiger partial charge < -0.3 is 10.4 Å². The molecule has 0 aromatic heterocycles. The van der Waals surface area contributed by atoms with Gasteiger partial charge in [0.25, 0.3) is 0 Å². The molecule has 1 aromatic carbocycles. The molecule has 0 aliphatic carbocycles. The first-order chi connectivity index (χ1) is 7.27. The molecule has 0 spiro atoms. The van der Waals surface area contributed by atoms with E-state index in [-0.39, 0.29) is 6.10 Å². The summed E-state index contributed by atoms with van der Waals surface area (Å²) in [5.74, 6) is 0. The first kappa shape index (κ1) is 10.7. The molecule has 2 rings (SSSR count). The molecule has 0 radical (unpaired) electrons. The Morgan fingerprint density at radius 2 is 2.27 bits per heavy atom. The van der Waals surface area contributed by atoms with Crippen molar-refractivity contribution in [1.82, 2.24) is 5.32 Å². The van der Waals surface area contributed by atoms with E-state index < -0.39 is 0 Å². The standard InChI is InChI=1S/C13H19NO/c1-10(15)11-5-4-6-12(9-11)13-7-2-3-8-14-13/h4-6,9-10,13-15H,2-3,7-8H2,1H3. The first-order valence-electron chi connectivity index (χ1n) is 5.78. The molecule has 0 bridgehead atoms. The van der Waals surface area contributed by atoms with Crippen LogP contribution in [0.3, 0.4) is 0 Å². The van der Waals surface area contributed by atoms with Gasteiger partial charge in [-0.25, -0.2) is 0 Å². The van der Waals surface area contributed by atoms with Gasteiger partial charge in [-0.2, -0.15) is 0 Å². The van der Waals surface area contributed by atoms with E-state index in [2.05, 4.69) is 17.4 Å². The van der Waals surface area contributed by atoms with E-state index in [1.807, 2.05) is 19.1 Å². The maximum absolute atomic E-state index is 9.53. The molecule has 0 saturated carbocycles. The lowest BCUT2D eigenvalue weighted by Crippen LogP contribution is -2.26. The van der Waals surface area contributed by atoms with E-state index in [9.17, 15) is 5.11 Å². The molecule has 1 fully saturated rings. The summed E-state index contributed by atoms with van der Waals surface area (Å²) in [5.41, 5.74) is 2.33. The molecule has 2 atom stereocenters. The van der Waals surface area contributed by atoms with Crippen molar-refractivity contribution >= 4 is 0 Å². The number of benzene rings is 1. The highest BCUT2D eigenvalue weighted by Crippen LogP contribution is 2.25. The number of aliphatic hydroxyl groups excluding tert-OH is 1. The fourth-order valence-electron chi connectivity index (χ4n) is 2.17. The summed E-state index contributed by atoms with van der Waals surface area (Å²) in [6.45, 7) is 2.93. The highest BCUT2D eigenvalue weighted by Gasteiger charge is 2.15. The van der Waals surface area contributed by atoms with Crippen LogP contribution in [0.2, 0.25) is 0 Å². The quantitative estimate of drug-likeness (QED) is 0.777. The minimum absolute atomic E-state index is 0.367. The molecule has 1 saturated heterocycles. The molecule has 2 heteroatoms. The predicted molar refractivity (Wildman–Crippen MR) is 61.7 cm³/mol. The van der Waals surface area contributed by atoms with Gasteiger partial charge in [-0.05, 0) is 37.4 Å². The van der Waals surface area contributed by atoms with Crippen molar-refractivity contribution in [3.8, 4) is 0 Å². The Morgan fingerprint density at radius 3 is 2.93 bits per heavy atom. The van der Waals surface area contributed by atoms with Gasteiger partial charge in [0.15, 0.2) is 0 Å². The Morgan fingerprint density at radius 1 is 1.40 bits per heavy atom. The number of rotatable bonds is 2. The van der Waals surface area contributed by atoms with Crippen molar-refractivity contribution in [3.63, 3.8) is 0 Å². The zero-order chi connectivity index (χ0) is 10.7. The Bertz CT molecular complexity index is 316. The lowest BCUT2D eigenvalue weighted by Gasteiger charge is -2.24. The van der Waals surface area contributed by atoms with Crippen LogP contribution in [0.15, 0.2) is 24.3 Å². The van der Waals surface area contributed by atoms with Crippen LogP contribution in [-0.2, 0) is 0 Å². The Balaban J connectivity index is 2.16. The summed E-state index contributed by atoms with van der Waals surface area (Å²) < 4.78 is 0. The lowest BCUT2D eigenvalue weighted by molar-refractivity contribution is 0.199. The minimum Gasteiger partial charge on any atom is -0.389 e. The summed E-state index contributed by atoms with van der Waals surface area (Å²) in [4.78, 5) is 0. The third-order valence-corrected chi connectivity index (χ3v) is 3.11. The number of aliphatic hydroxyl groups is 1. The largest absolute Gasteiger partial charge is 0.389 e. The van der Waals surface area contributed by atoms with Gasteiger partial charge in [0.2, 0.25) is 0 Å². The van der Waals surface area contributed by atoms with E-state index in [1.54, 1.807) is 0 Å². The van der Waals surface area contributed by atoms with Crippen LogP contribution in [0, 0.1) is 0 Å². The molecular weight excluding hydrogens is 186 g/mol. The van der Waals surface area contributed by atoms with Gasteiger partial charge >= 0.3 is 0 Å². The molecule has 1 aromatic rings. The van der Waals surface area contributed by atoms with Crippen LogP contribution in [0.1, 0.15) is 49.5 Å². The van der Waals surface area contributed by atoms with Crippen molar-refractivity contribution < 1.29 is 5.11 Å². The molecule has 1 aliphatic rings. The fraction of sp³-hybridized carbons (Fsp3) is 0.538. The van der Waals surface area contributed by atoms with Crippen LogP contribution in [-0.4, -0.2) is 11.7 Å². The molecule has 2 nitrogen and oxygen atoms in total. The van der Waals surface area contributed by atoms with Crippen molar-refractivity contribution in [3.05, 3.63) is 35.4 Å². The molecular formula is C13H19NO. The molecule has 15 heavy (non-hydrogen) atoms. The van der Waals surface area contributed by atoms with Gasteiger partial charge in [0, 0.05) is 6.04 Å². The van der Waals surface area contributed by atoms with E-state index in [0.29, 0.717) is 6.04 Å². The summed E-state index contributed by atoms with van der Waals surface area (Å²) in [5, 5.41) is 13.0. The predicted octanol–water partition coefficient (Wildman–Crippen LogP) is 2.55. The highest BCUT2D eigenvalue weighted by molar-refractivity contribution is 5.27. The normalized spacial score (nSPS) is 23.7. The summed E-state index contributed by atoms with van der Waals surface area (Å²) >= 11 is 0. The smallest absolute Gasteiger partial charge is 0.0762 e. The third-order valence-electron chi connectivity index (χ3n) is 3.11. The Hall–Kier alpha value is -0.860. The van der Waals surface area contributed by atoms with Crippen LogP contribution in [0.5, 0.6) is 0 Å². The second-order valence-corrected chi connectivity index (χ2v) is 4.35. The van der Waals surface area contributed by atoms with E-state index >= 15 is 0 Å². The summed E-state index contributed by atoms with van der Waals surface area (Å²) in [6, 6.07) is 8.77. The second kappa shape index (κ2) is 4.77. The molecule has 82 valence electrons. The van der Waals surface area contributed by atoms with E-state index in [0.717, 1.165) is 12.1 Å². The zero-order valence-corrected chi connectivity index (χ0v) is 9.24. The molecule has 2 unspecified atom stereocenters.